The van der Waals surface area contributed by atoms with Crippen molar-refractivity contribution in [3.8, 4) is 17.2 Å². The van der Waals surface area contributed by atoms with Gasteiger partial charge in [0.15, 0.2) is 17.5 Å². The molecule has 29 heavy (non-hydrogen) atoms. The second-order valence-electron chi connectivity index (χ2n) is 6.92. The summed E-state index contributed by atoms with van der Waals surface area (Å²) < 4.78 is 11.1. The van der Waals surface area contributed by atoms with Gasteiger partial charge in [-0.1, -0.05) is 24.3 Å². The standard InChI is InChI=1S/C22H29N3O3.HI/c1-3-23-22(24-13-17-10-11-21(27-2)19(26)12-17)25-14-18-6-4-5-7-20(18)28-15-16-8-9-16;/h4-7,10-12,16,26H,3,8-9,13-15H2,1-2H3,(H2,23,24,25);1H. The number of rotatable bonds is 9. The Morgan fingerprint density at radius 3 is 2.62 bits per heavy atom. The lowest BCUT2D eigenvalue weighted by molar-refractivity contribution is 0.296. The topological polar surface area (TPSA) is 75.1 Å². The van der Waals surface area contributed by atoms with Crippen LogP contribution in [0, 0.1) is 5.92 Å². The van der Waals surface area contributed by atoms with Crippen LogP contribution in [0.2, 0.25) is 0 Å². The van der Waals surface area contributed by atoms with E-state index in [0.717, 1.165) is 41.9 Å². The number of halogens is 1. The van der Waals surface area contributed by atoms with Crippen molar-refractivity contribution in [1.82, 2.24) is 10.6 Å². The minimum Gasteiger partial charge on any atom is -0.504 e. The third-order valence-corrected chi connectivity index (χ3v) is 4.60. The molecule has 3 N–H and O–H groups in total. The van der Waals surface area contributed by atoms with E-state index in [9.17, 15) is 5.11 Å². The third-order valence-electron chi connectivity index (χ3n) is 4.60. The first-order valence-electron chi connectivity index (χ1n) is 9.78. The fourth-order valence-corrected chi connectivity index (χ4v) is 2.81. The van der Waals surface area contributed by atoms with Crippen LogP contribution in [-0.4, -0.2) is 31.3 Å². The molecule has 0 unspecified atom stereocenters. The van der Waals surface area contributed by atoms with Crippen molar-refractivity contribution in [3.05, 3.63) is 53.6 Å². The van der Waals surface area contributed by atoms with Gasteiger partial charge in [0.05, 0.1) is 20.3 Å². The lowest BCUT2D eigenvalue weighted by Crippen LogP contribution is -2.36. The number of methoxy groups -OCH3 is 1. The van der Waals surface area contributed by atoms with Gasteiger partial charge < -0.3 is 25.2 Å². The van der Waals surface area contributed by atoms with Gasteiger partial charge in [-0.05, 0) is 49.4 Å². The zero-order chi connectivity index (χ0) is 19.8. The van der Waals surface area contributed by atoms with Crippen molar-refractivity contribution in [3.63, 3.8) is 0 Å². The minimum atomic E-state index is 0. The van der Waals surface area contributed by atoms with E-state index in [2.05, 4.69) is 21.7 Å². The summed E-state index contributed by atoms with van der Waals surface area (Å²) in [5.41, 5.74) is 2.01. The molecule has 0 radical (unpaired) electrons. The Hall–Kier alpha value is -2.16. The van der Waals surface area contributed by atoms with E-state index in [1.165, 1.54) is 20.0 Å². The van der Waals surface area contributed by atoms with E-state index in [-0.39, 0.29) is 29.7 Å². The lowest BCUT2D eigenvalue weighted by Gasteiger charge is -2.14. The van der Waals surface area contributed by atoms with Crippen molar-refractivity contribution in [2.45, 2.75) is 32.9 Å². The highest BCUT2D eigenvalue weighted by Gasteiger charge is 2.22. The third kappa shape index (κ3) is 7.30. The minimum absolute atomic E-state index is 0. The van der Waals surface area contributed by atoms with Crippen molar-refractivity contribution >= 4 is 29.9 Å². The predicted molar refractivity (Wildman–Crippen MR) is 126 cm³/mol. The second kappa shape index (κ2) is 11.7. The van der Waals surface area contributed by atoms with Crippen LogP contribution >= 0.6 is 24.0 Å². The van der Waals surface area contributed by atoms with Crippen LogP contribution in [-0.2, 0) is 13.1 Å². The smallest absolute Gasteiger partial charge is 0.191 e. The van der Waals surface area contributed by atoms with Gasteiger partial charge in [-0.25, -0.2) is 4.99 Å². The number of hydrogen-bond acceptors (Lipinski definition) is 4. The van der Waals surface area contributed by atoms with E-state index in [0.29, 0.717) is 18.8 Å². The zero-order valence-electron chi connectivity index (χ0n) is 17.0. The fourth-order valence-electron chi connectivity index (χ4n) is 2.81. The lowest BCUT2D eigenvalue weighted by atomic mass is 10.2. The van der Waals surface area contributed by atoms with Crippen molar-refractivity contribution < 1.29 is 14.6 Å². The number of para-hydroxylation sites is 1. The summed E-state index contributed by atoms with van der Waals surface area (Å²) in [5, 5.41) is 16.5. The maximum atomic E-state index is 9.92. The van der Waals surface area contributed by atoms with Gasteiger partial charge in [0, 0.05) is 18.7 Å². The normalized spacial score (nSPS) is 13.4. The summed E-state index contributed by atoms with van der Waals surface area (Å²) in [6.07, 6.45) is 2.55. The molecule has 0 saturated heterocycles. The van der Waals surface area contributed by atoms with Crippen LogP contribution in [0.4, 0.5) is 0 Å². The summed E-state index contributed by atoms with van der Waals surface area (Å²) in [6.45, 7) is 4.67. The van der Waals surface area contributed by atoms with Crippen molar-refractivity contribution in [2.75, 3.05) is 20.3 Å². The molecule has 0 aliphatic heterocycles. The SMILES string of the molecule is CCNC(=NCc1ccc(OC)c(O)c1)NCc1ccccc1OCC1CC1.I. The molecule has 0 aromatic heterocycles. The highest BCUT2D eigenvalue weighted by molar-refractivity contribution is 14.0. The van der Waals surface area contributed by atoms with E-state index >= 15 is 0 Å². The molecule has 0 bridgehead atoms. The van der Waals surface area contributed by atoms with E-state index < -0.39 is 0 Å². The molecule has 0 amide bonds. The number of hydrogen-bond donors (Lipinski definition) is 3. The van der Waals surface area contributed by atoms with E-state index in [4.69, 9.17) is 9.47 Å². The van der Waals surface area contributed by atoms with Gasteiger partial charge in [0.2, 0.25) is 0 Å². The van der Waals surface area contributed by atoms with Crippen LogP contribution in [0.5, 0.6) is 17.2 Å². The number of phenols is 1. The van der Waals surface area contributed by atoms with Gasteiger partial charge in [-0.15, -0.1) is 24.0 Å². The molecule has 6 nitrogen and oxygen atoms in total. The maximum Gasteiger partial charge on any atom is 0.191 e. The van der Waals surface area contributed by atoms with Gasteiger partial charge in [0.25, 0.3) is 0 Å². The van der Waals surface area contributed by atoms with Crippen LogP contribution in [0.3, 0.4) is 0 Å². The highest BCUT2D eigenvalue weighted by atomic mass is 127. The van der Waals surface area contributed by atoms with Gasteiger partial charge >= 0.3 is 0 Å². The molecule has 1 fully saturated rings. The average Bonchev–Trinajstić information content (AvgIpc) is 3.54. The van der Waals surface area contributed by atoms with Crippen LogP contribution in [0.1, 0.15) is 30.9 Å². The molecule has 0 heterocycles. The molecule has 1 saturated carbocycles. The van der Waals surface area contributed by atoms with Gasteiger partial charge in [-0.3, -0.25) is 0 Å². The number of ether oxygens (including phenoxy) is 2. The quantitative estimate of drug-likeness (QED) is 0.269. The summed E-state index contributed by atoms with van der Waals surface area (Å²) in [6, 6.07) is 13.4. The van der Waals surface area contributed by atoms with Crippen LogP contribution in [0.25, 0.3) is 0 Å². The molecule has 7 heteroatoms. The molecule has 158 valence electrons. The zero-order valence-corrected chi connectivity index (χ0v) is 19.3. The van der Waals surface area contributed by atoms with Gasteiger partial charge in [0.1, 0.15) is 5.75 Å². The molecule has 1 aliphatic rings. The Morgan fingerprint density at radius 2 is 1.93 bits per heavy atom. The molecule has 0 atom stereocenters. The number of phenolic OH excluding ortho intramolecular Hbond substituents is 1. The summed E-state index contributed by atoms with van der Waals surface area (Å²) in [5.74, 6) is 2.95. The second-order valence-corrected chi connectivity index (χ2v) is 6.92. The number of guanidine groups is 1. The summed E-state index contributed by atoms with van der Waals surface area (Å²) in [4.78, 5) is 4.61. The highest BCUT2D eigenvalue weighted by Crippen LogP contribution is 2.30. The number of aliphatic imine (C=N–C) groups is 1. The molecular weight excluding hydrogens is 481 g/mol. The Kier molecular flexibility index (Phi) is 9.37. The number of benzene rings is 2. The molecule has 2 aromatic carbocycles. The number of nitrogens with one attached hydrogen (secondary N) is 2. The first kappa shape index (κ1) is 23.1. The monoisotopic (exact) mass is 511 g/mol. The fraction of sp³-hybridized carbons (Fsp3) is 0.409. The summed E-state index contributed by atoms with van der Waals surface area (Å²) >= 11 is 0. The van der Waals surface area contributed by atoms with E-state index in [1.807, 2.05) is 31.2 Å². The predicted octanol–water partition coefficient (Wildman–Crippen LogP) is 4.06. The van der Waals surface area contributed by atoms with Crippen molar-refractivity contribution in [2.24, 2.45) is 10.9 Å². The maximum absolute atomic E-state index is 9.92. The molecule has 2 aromatic rings. The first-order valence-corrected chi connectivity index (χ1v) is 9.78. The Bertz CT molecular complexity index is 810. The van der Waals surface area contributed by atoms with Gasteiger partial charge in [-0.2, -0.15) is 0 Å². The largest absolute Gasteiger partial charge is 0.504 e. The molecule has 3 rings (SSSR count). The Morgan fingerprint density at radius 1 is 1.14 bits per heavy atom. The molecular formula is C22H30IN3O3. The number of nitrogens with zero attached hydrogens (tertiary/aromatic N) is 1. The average molecular weight is 511 g/mol. The summed E-state index contributed by atoms with van der Waals surface area (Å²) in [7, 11) is 1.53. The molecule has 1 aliphatic carbocycles. The van der Waals surface area contributed by atoms with E-state index in [1.54, 1.807) is 12.1 Å². The van der Waals surface area contributed by atoms with Crippen molar-refractivity contribution in [1.29, 1.82) is 0 Å². The van der Waals surface area contributed by atoms with Crippen LogP contribution in [0.15, 0.2) is 47.5 Å². The first-order chi connectivity index (χ1) is 13.7. The number of aromatic hydroxyl groups is 1. The van der Waals surface area contributed by atoms with Crippen LogP contribution < -0.4 is 20.1 Å². The molecule has 0 spiro atoms. The Balaban J connectivity index is 0.00000300. The Labute approximate surface area is 189 Å².